The lowest BCUT2D eigenvalue weighted by Gasteiger charge is -1.93. The van der Waals surface area contributed by atoms with Gasteiger partial charge in [0.25, 0.3) is 0 Å². The zero-order valence-corrected chi connectivity index (χ0v) is 10.3. The van der Waals surface area contributed by atoms with Gasteiger partial charge in [0.05, 0.1) is 0 Å². The maximum absolute atomic E-state index is 10.2. The van der Waals surface area contributed by atoms with E-state index >= 15 is 0 Å². The van der Waals surface area contributed by atoms with Gasteiger partial charge in [-0.05, 0) is 25.7 Å². The lowest BCUT2D eigenvalue weighted by atomic mass is 10.1. The van der Waals surface area contributed by atoms with Gasteiger partial charge in [-0.25, -0.2) is 0 Å². The van der Waals surface area contributed by atoms with E-state index in [0.717, 1.165) is 19.3 Å². The van der Waals surface area contributed by atoms with Crippen molar-refractivity contribution in [3.63, 3.8) is 0 Å². The SMILES string of the molecule is CCCCCC/C=C\C=C\CCCC(=O)O. The summed E-state index contributed by atoms with van der Waals surface area (Å²) in [5.74, 6) is -0.708. The molecule has 0 aromatic carbocycles. The van der Waals surface area contributed by atoms with E-state index in [4.69, 9.17) is 5.11 Å². The summed E-state index contributed by atoms with van der Waals surface area (Å²) in [5, 5.41) is 8.42. The molecule has 0 spiro atoms. The van der Waals surface area contributed by atoms with Gasteiger partial charge in [0, 0.05) is 6.42 Å². The summed E-state index contributed by atoms with van der Waals surface area (Å²) in [6.07, 6.45) is 16.5. The topological polar surface area (TPSA) is 37.3 Å². The molecular weight excluding hydrogens is 200 g/mol. The Hall–Kier alpha value is -1.05. The molecule has 0 saturated heterocycles. The molecule has 0 aliphatic carbocycles. The third-order valence-electron chi connectivity index (χ3n) is 2.37. The highest BCUT2D eigenvalue weighted by atomic mass is 16.4. The molecule has 16 heavy (non-hydrogen) atoms. The van der Waals surface area contributed by atoms with Crippen molar-refractivity contribution in [2.45, 2.75) is 58.3 Å². The van der Waals surface area contributed by atoms with E-state index < -0.39 is 5.97 Å². The van der Waals surface area contributed by atoms with Crippen LogP contribution in [0.2, 0.25) is 0 Å². The molecule has 0 fully saturated rings. The summed E-state index contributed by atoms with van der Waals surface area (Å²) in [6.45, 7) is 2.22. The number of hydrogen-bond donors (Lipinski definition) is 1. The summed E-state index contributed by atoms with van der Waals surface area (Å²) >= 11 is 0. The van der Waals surface area contributed by atoms with Gasteiger partial charge in [-0.3, -0.25) is 4.79 Å². The van der Waals surface area contributed by atoms with Crippen molar-refractivity contribution in [3.05, 3.63) is 24.3 Å². The number of carboxylic acids is 1. The van der Waals surface area contributed by atoms with Crippen LogP contribution in [0, 0.1) is 0 Å². The predicted octanol–water partition coefficient (Wildman–Crippen LogP) is 4.32. The third kappa shape index (κ3) is 12.9. The minimum absolute atomic E-state index is 0.269. The molecule has 92 valence electrons. The maximum Gasteiger partial charge on any atom is 0.303 e. The maximum atomic E-state index is 10.2. The summed E-state index contributed by atoms with van der Waals surface area (Å²) in [7, 11) is 0. The lowest BCUT2D eigenvalue weighted by Crippen LogP contribution is -1.92. The van der Waals surface area contributed by atoms with Crippen LogP contribution in [0.4, 0.5) is 0 Å². The van der Waals surface area contributed by atoms with Crippen molar-refractivity contribution in [1.29, 1.82) is 0 Å². The lowest BCUT2D eigenvalue weighted by molar-refractivity contribution is -0.137. The number of aliphatic carboxylic acids is 1. The molecule has 0 bridgehead atoms. The summed E-state index contributed by atoms with van der Waals surface area (Å²) in [5.41, 5.74) is 0. The number of unbranched alkanes of at least 4 members (excludes halogenated alkanes) is 5. The summed E-state index contributed by atoms with van der Waals surface area (Å²) < 4.78 is 0. The number of hydrogen-bond acceptors (Lipinski definition) is 1. The van der Waals surface area contributed by atoms with Crippen molar-refractivity contribution in [2.75, 3.05) is 0 Å². The van der Waals surface area contributed by atoms with E-state index in [2.05, 4.69) is 19.1 Å². The molecule has 0 rings (SSSR count). The predicted molar refractivity (Wildman–Crippen MR) is 68.5 cm³/mol. The third-order valence-corrected chi connectivity index (χ3v) is 2.37. The number of carboxylic acid groups (broad SMARTS) is 1. The minimum atomic E-state index is -0.708. The fraction of sp³-hybridized carbons (Fsp3) is 0.643. The van der Waals surface area contributed by atoms with Crippen LogP contribution in [-0.2, 0) is 4.79 Å². The van der Waals surface area contributed by atoms with Crippen molar-refractivity contribution in [1.82, 2.24) is 0 Å². The standard InChI is InChI=1S/C14H24O2/c1-2-3-4-5-6-7-8-9-10-11-12-13-14(15)16/h7-10H,2-6,11-13H2,1H3,(H,15,16)/b8-7-,10-9+. The van der Waals surface area contributed by atoms with Crippen molar-refractivity contribution < 1.29 is 9.90 Å². The quantitative estimate of drug-likeness (QED) is 0.443. The molecule has 2 heteroatoms. The van der Waals surface area contributed by atoms with Gasteiger partial charge in [0.15, 0.2) is 0 Å². The molecule has 0 radical (unpaired) electrons. The van der Waals surface area contributed by atoms with Gasteiger partial charge >= 0.3 is 5.97 Å². The fourth-order valence-electron chi connectivity index (χ4n) is 1.41. The Bertz CT molecular complexity index is 217. The van der Waals surface area contributed by atoms with Gasteiger partial charge in [0.1, 0.15) is 0 Å². The van der Waals surface area contributed by atoms with Crippen LogP contribution in [0.3, 0.4) is 0 Å². The van der Waals surface area contributed by atoms with Crippen LogP contribution < -0.4 is 0 Å². The minimum Gasteiger partial charge on any atom is -0.481 e. The Labute approximate surface area is 99.1 Å². The van der Waals surface area contributed by atoms with E-state index in [0.29, 0.717) is 0 Å². The number of allylic oxidation sites excluding steroid dienone is 4. The first-order valence-electron chi connectivity index (χ1n) is 6.30. The molecule has 0 aliphatic rings. The molecule has 0 aliphatic heterocycles. The smallest absolute Gasteiger partial charge is 0.303 e. The summed E-state index contributed by atoms with van der Waals surface area (Å²) in [6, 6.07) is 0. The van der Waals surface area contributed by atoms with E-state index in [1.807, 2.05) is 12.2 Å². The highest BCUT2D eigenvalue weighted by molar-refractivity contribution is 5.66. The van der Waals surface area contributed by atoms with Crippen LogP contribution in [0.1, 0.15) is 58.3 Å². The van der Waals surface area contributed by atoms with E-state index in [1.54, 1.807) is 0 Å². The average Bonchev–Trinajstić information content (AvgIpc) is 2.25. The molecule has 0 aromatic rings. The molecule has 0 atom stereocenters. The molecule has 1 N–H and O–H groups in total. The molecule has 0 heterocycles. The van der Waals surface area contributed by atoms with E-state index in [-0.39, 0.29) is 6.42 Å². The fourth-order valence-corrected chi connectivity index (χ4v) is 1.41. The second kappa shape index (κ2) is 12.0. The Balaban J connectivity index is 3.24. The second-order valence-corrected chi connectivity index (χ2v) is 3.99. The Morgan fingerprint density at radius 3 is 2.19 bits per heavy atom. The van der Waals surface area contributed by atoms with Gasteiger partial charge < -0.3 is 5.11 Å². The average molecular weight is 224 g/mol. The first-order valence-corrected chi connectivity index (χ1v) is 6.30. The zero-order valence-electron chi connectivity index (χ0n) is 10.3. The molecule has 0 unspecified atom stereocenters. The molecule has 0 saturated carbocycles. The van der Waals surface area contributed by atoms with E-state index in [9.17, 15) is 4.79 Å². The van der Waals surface area contributed by atoms with Crippen LogP contribution in [0.15, 0.2) is 24.3 Å². The second-order valence-electron chi connectivity index (χ2n) is 3.99. The number of carbonyl (C=O) groups is 1. The van der Waals surface area contributed by atoms with Crippen LogP contribution >= 0.6 is 0 Å². The van der Waals surface area contributed by atoms with Gasteiger partial charge in [0.2, 0.25) is 0 Å². The first-order chi connectivity index (χ1) is 7.77. The Morgan fingerprint density at radius 1 is 1.00 bits per heavy atom. The molecule has 2 nitrogen and oxygen atoms in total. The normalized spacial score (nSPS) is 11.6. The monoisotopic (exact) mass is 224 g/mol. The Kier molecular flexibility index (Phi) is 11.2. The first kappa shape index (κ1) is 14.9. The van der Waals surface area contributed by atoms with Crippen molar-refractivity contribution in [3.8, 4) is 0 Å². The summed E-state index contributed by atoms with van der Waals surface area (Å²) in [4.78, 5) is 10.2. The van der Waals surface area contributed by atoms with Crippen LogP contribution in [-0.4, -0.2) is 11.1 Å². The molecular formula is C14H24O2. The highest BCUT2D eigenvalue weighted by Crippen LogP contribution is 2.03. The molecule has 0 aromatic heterocycles. The number of rotatable bonds is 10. The molecule has 0 amide bonds. The van der Waals surface area contributed by atoms with Gasteiger partial charge in [-0.2, -0.15) is 0 Å². The zero-order chi connectivity index (χ0) is 12.1. The van der Waals surface area contributed by atoms with Crippen molar-refractivity contribution in [2.24, 2.45) is 0 Å². The van der Waals surface area contributed by atoms with E-state index in [1.165, 1.54) is 25.7 Å². The van der Waals surface area contributed by atoms with Gasteiger partial charge in [-0.1, -0.05) is 50.5 Å². The van der Waals surface area contributed by atoms with Crippen LogP contribution in [0.5, 0.6) is 0 Å². The van der Waals surface area contributed by atoms with Crippen LogP contribution in [0.25, 0.3) is 0 Å². The largest absolute Gasteiger partial charge is 0.481 e. The highest BCUT2D eigenvalue weighted by Gasteiger charge is 1.92. The Morgan fingerprint density at radius 2 is 1.62 bits per heavy atom. The van der Waals surface area contributed by atoms with Crippen molar-refractivity contribution >= 4 is 5.97 Å². The van der Waals surface area contributed by atoms with Gasteiger partial charge in [-0.15, -0.1) is 0 Å².